The van der Waals surface area contributed by atoms with Gasteiger partial charge in [0.1, 0.15) is 6.61 Å². The molecule has 0 saturated heterocycles. The molecule has 4 nitrogen and oxygen atoms in total. The molecule has 0 aromatic carbocycles. The fraction of sp³-hybridized carbons (Fsp3) is 0.250. The van der Waals surface area contributed by atoms with Gasteiger partial charge in [-0.1, -0.05) is 12.7 Å². The van der Waals surface area contributed by atoms with Gasteiger partial charge < -0.3 is 9.47 Å². The van der Waals surface area contributed by atoms with Crippen LogP contribution in [0.5, 0.6) is 0 Å². The molecule has 0 saturated carbocycles. The summed E-state index contributed by atoms with van der Waals surface area (Å²) in [6.07, 6.45) is 3.42. The quantitative estimate of drug-likeness (QED) is 0.349. The minimum atomic E-state index is -0.597. The van der Waals surface area contributed by atoms with Crippen LogP contribution < -0.4 is 0 Å². The highest BCUT2D eigenvalue weighted by molar-refractivity contribution is 5.91. The van der Waals surface area contributed by atoms with E-state index in [9.17, 15) is 9.59 Å². The molecule has 0 fully saturated rings. The molecule has 0 aliphatic carbocycles. The van der Waals surface area contributed by atoms with Crippen LogP contribution in [0.2, 0.25) is 0 Å². The molecule has 12 heavy (non-hydrogen) atoms. The molecule has 0 bridgehead atoms. The summed E-state index contributed by atoms with van der Waals surface area (Å²) in [7, 11) is 1.22. The van der Waals surface area contributed by atoms with Gasteiger partial charge in [0.2, 0.25) is 0 Å². The molecule has 0 radical (unpaired) electrons. The molecule has 0 unspecified atom stereocenters. The summed E-state index contributed by atoms with van der Waals surface area (Å²) in [6, 6.07) is 0. The van der Waals surface area contributed by atoms with Crippen molar-refractivity contribution in [3.63, 3.8) is 0 Å². The van der Waals surface area contributed by atoms with E-state index in [2.05, 4.69) is 16.1 Å². The molecule has 0 aromatic heterocycles. The van der Waals surface area contributed by atoms with Gasteiger partial charge in [0.05, 0.1) is 7.11 Å². The molecular formula is C8H10O4. The van der Waals surface area contributed by atoms with Gasteiger partial charge in [-0.15, -0.1) is 0 Å². The molecule has 0 atom stereocenters. The van der Waals surface area contributed by atoms with Crippen molar-refractivity contribution in [2.75, 3.05) is 13.7 Å². The monoisotopic (exact) mass is 170 g/mol. The first kappa shape index (κ1) is 10.4. The first-order chi connectivity index (χ1) is 5.70. The van der Waals surface area contributed by atoms with Gasteiger partial charge in [-0.3, -0.25) is 0 Å². The molecule has 0 spiro atoms. The second-order valence-corrected chi connectivity index (χ2v) is 1.78. The first-order valence-electron chi connectivity index (χ1n) is 3.24. The molecule has 0 rings (SSSR count). The number of hydrogen-bond acceptors (Lipinski definition) is 4. The van der Waals surface area contributed by atoms with Gasteiger partial charge >= 0.3 is 11.9 Å². The maximum Gasteiger partial charge on any atom is 0.331 e. The summed E-state index contributed by atoms with van der Waals surface area (Å²) < 4.78 is 8.79. The Labute approximate surface area is 70.5 Å². The number of rotatable bonds is 4. The van der Waals surface area contributed by atoms with E-state index >= 15 is 0 Å². The van der Waals surface area contributed by atoms with Gasteiger partial charge in [0.25, 0.3) is 0 Å². The van der Waals surface area contributed by atoms with Crippen LogP contribution in [0.1, 0.15) is 0 Å². The van der Waals surface area contributed by atoms with Crippen molar-refractivity contribution in [2.45, 2.75) is 0 Å². The van der Waals surface area contributed by atoms with E-state index < -0.39 is 11.9 Å². The number of carbonyl (C=O) groups is 2. The van der Waals surface area contributed by atoms with Crippen LogP contribution in [-0.4, -0.2) is 25.7 Å². The third-order valence-corrected chi connectivity index (χ3v) is 0.900. The van der Waals surface area contributed by atoms with Crippen LogP contribution in [0, 0.1) is 0 Å². The van der Waals surface area contributed by atoms with Crippen LogP contribution in [0.25, 0.3) is 0 Å². The van der Waals surface area contributed by atoms with Crippen LogP contribution in [0.15, 0.2) is 24.8 Å². The van der Waals surface area contributed by atoms with Gasteiger partial charge in [0.15, 0.2) is 0 Å². The van der Waals surface area contributed by atoms with Crippen LogP contribution in [-0.2, 0) is 19.1 Å². The smallest absolute Gasteiger partial charge is 0.331 e. The minimum absolute atomic E-state index is 0.129. The highest BCUT2D eigenvalue weighted by atomic mass is 16.5. The van der Waals surface area contributed by atoms with Crippen LogP contribution in [0.4, 0.5) is 0 Å². The molecule has 0 heterocycles. The maximum atomic E-state index is 10.7. The van der Waals surface area contributed by atoms with Crippen LogP contribution >= 0.6 is 0 Å². The van der Waals surface area contributed by atoms with E-state index in [1.54, 1.807) is 0 Å². The van der Waals surface area contributed by atoms with Crippen molar-refractivity contribution >= 4 is 11.9 Å². The standard InChI is InChI=1S/C8H10O4/c1-3-6-12-8(10)5-4-7(9)11-2/h3-5H,1,6H2,2H3/b5-4+. The van der Waals surface area contributed by atoms with Gasteiger partial charge in [0, 0.05) is 12.2 Å². The Morgan fingerprint density at radius 1 is 1.33 bits per heavy atom. The third kappa shape index (κ3) is 5.22. The zero-order valence-corrected chi connectivity index (χ0v) is 6.78. The predicted octanol–water partition coefficient (Wildman–Crippen LogP) is 0.445. The number of methoxy groups -OCH3 is 1. The molecule has 0 N–H and O–H groups in total. The van der Waals surface area contributed by atoms with Crippen molar-refractivity contribution in [1.82, 2.24) is 0 Å². The summed E-state index contributed by atoms with van der Waals surface area (Å²) in [5, 5.41) is 0. The summed E-state index contributed by atoms with van der Waals surface area (Å²) in [6.45, 7) is 3.48. The normalized spacial score (nSPS) is 9.42. The average molecular weight is 170 g/mol. The lowest BCUT2D eigenvalue weighted by Gasteiger charge is -1.94. The van der Waals surface area contributed by atoms with Gasteiger partial charge in [-0.2, -0.15) is 0 Å². The van der Waals surface area contributed by atoms with Crippen molar-refractivity contribution in [1.29, 1.82) is 0 Å². The SMILES string of the molecule is C=CCOC(=O)/C=C/C(=O)OC. The van der Waals surface area contributed by atoms with Gasteiger partial charge in [-0.25, -0.2) is 9.59 Å². The number of hydrogen-bond donors (Lipinski definition) is 0. The van der Waals surface area contributed by atoms with E-state index in [0.29, 0.717) is 0 Å². The third-order valence-electron chi connectivity index (χ3n) is 0.900. The summed E-state index contributed by atoms with van der Waals surface area (Å²) >= 11 is 0. The van der Waals surface area contributed by atoms with E-state index in [-0.39, 0.29) is 6.61 Å². The highest BCUT2D eigenvalue weighted by Gasteiger charge is 1.96. The number of esters is 2. The summed E-state index contributed by atoms with van der Waals surface area (Å²) in [5.41, 5.74) is 0. The Hall–Kier alpha value is -1.58. The molecule has 0 aliphatic rings. The molecule has 0 amide bonds. The second-order valence-electron chi connectivity index (χ2n) is 1.78. The van der Waals surface area contributed by atoms with Crippen molar-refractivity contribution < 1.29 is 19.1 Å². The van der Waals surface area contributed by atoms with Gasteiger partial charge in [-0.05, 0) is 0 Å². The molecular weight excluding hydrogens is 160 g/mol. The van der Waals surface area contributed by atoms with E-state index in [4.69, 9.17) is 0 Å². The lowest BCUT2D eigenvalue weighted by Crippen LogP contribution is -2.02. The zero-order chi connectivity index (χ0) is 9.40. The second kappa shape index (κ2) is 6.15. The summed E-state index contributed by atoms with van der Waals surface area (Å²) in [4.78, 5) is 21.1. The Kier molecular flexibility index (Phi) is 5.34. The Morgan fingerprint density at radius 2 is 1.92 bits per heavy atom. The topological polar surface area (TPSA) is 52.6 Å². The van der Waals surface area contributed by atoms with E-state index in [1.165, 1.54) is 13.2 Å². The largest absolute Gasteiger partial charge is 0.466 e. The number of carbonyl (C=O) groups excluding carboxylic acids is 2. The molecule has 0 aliphatic heterocycles. The summed E-state index contributed by atoms with van der Waals surface area (Å²) in [5.74, 6) is -1.19. The van der Waals surface area contributed by atoms with E-state index in [1.807, 2.05) is 0 Å². The predicted molar refractivity (Wildman–Crippen MR) is 42.3 cm³/mol. The van der Waals surface area contributed by atoms with E-state index in [0.717, 1.165) is 12.2 Å². The van der Waals surface area contributed by atoms with Crippen molar-refractivity contribution in [2.24, 2.45) is 0 Å². The number of ether oxygens (including phenoxy) is 2. The van der Waals surface area contributed by atoms with Crippen LogP contribution in [0.3, 0.4) is 0 Å². The Bertz CT molecular complexity index is 205. The molecule has 66 valence electrons. The Balaban J connectivity index is 3.75. The highest BCUT2D eigenvalue weighted by Crippen LogP contribution is 1.83. The average Bonchev–Trinajstić information content (AvgIpc) is 2.10. The minimum Gasteiger partial charge on any atom is -0.466 e. The maximum absolute atomic E-state index is 10.7. The van der Waals surface area contributed by atoms with Crippen molar-refractivity contribution in [3.05, 3.63) is 24.8 Å². The first-order valence-corrected chi connectivity index (χ1v) is 3.24. The molecule has 4 heteroatoms. The van der Waals surface area contributed by atoms with Crippen molar-refractivity contribution in [3.8, 4) is 0 Å². The lowest BCUT2D eigenvalue weighted by molar-refractivity contribution is -0.138. The zero-order valence-electron chi connectivity index (χ0n) is 6.78. The fourth-order valence-electron chi connectivity index (χ4n) is 0.393. The Morgan fingerprint density at radius 3 is 2.42 bits per heavy atom. The lowest BCUT2D eigenvalue weighted by atomic mass is 10.5. The fourth-order valence-corrected chi connectivity index (χ4v) is 0.393. The molecule has 0 aromatic rings.